The Morgan fingerprint density at radius 3 is 2.57 bits per heavy atom. The van der Waals surface area contributed by atoms with Gasteiger partial charge in [-0.1, -0.05) is 15.9 Å². The van der Waals surface area contributed by atoms with Gasteiger partial charge in [-0.05, 0) is 48.4 Å². The van der Waals surface area contributed by atoms with Crippen molar-refractivity contribution in [3.63, 3.8) is 0 Å². The highest BCUT2D eigenvalue weighted by Gasteiger charge is 2.34. The lowest BCUT2D eigenvalue weighted by Crippen LogP contribution is -2.27. The largest absolute Gasteiger partial charge is 0.295 e. The molecule has 0 unspecified atom stereocenters. The van der Waals surface area contributed by atoms with E-state index in [0.717, 1.165) is 21.3 Å². The van der Waals surface area contributed by atoms with Crippen molar-refractivity contribution in [2.45, 2.75) is 12.3 Å². The van der Waals surface area contributed by atoms with Crippen molar-refractivity contribution in [2.24, 2.45) is 0 Å². The molecular weight excluding hydrogens is 380 g/mol. The number of nitro benzene ring substituents is 1. The van der Waals surface area contributed by atoms with Gasteiger partial charge in [-0.25, -0.2) is 0 Å². The van der Waals surface area contributed by atoms with Crippen molar-refractivity contribution >= 4 is 45.0 Å². The van der Waals surface area contributed by atoms with E-state index in [1.807, 2.05) is 25.1 Å². The van der Waals surface area contributed by atoms with Crippen molar-refractivity contribution < 1.29 is 9.72 Å². The van der Waals surface area contributed by atoms with E-state index in [0.29, 0.717) is 5.75 Å². The highest BCUT2D eigenvalue weighted by molar-refractivity contribution is 9.10. The summed E-state index contributed by atoms with van der Waals surface area (Å²) < 4.78 is 0.993. The van der Waals surface area contributed by atoms with Crippen LogP contribution in [0, 0.1) is 17.0 Å². The van der Waals surface area contributed by atoms with Gasteiger partial charge in [0.1, 0.15) is 5.37 Å². The maximum absolute atomic E-state index is 12.3. The highest BCUT2D eigenvalue weighted by Crippen LogP contribution is 2.42. The fraction of sp³-hybridized carbons (Fsp3) is 0.188. The number of hydrogen-bond donors (Lipinski definition) is 0. The third-order valence-electron chi connectivity index (χ3n) is 3.68. The lowest BCUT2D eigenvalue weighted by atomic mass is 10.1. The minimum Gasteiger partial charge on any atom is -0.295 e. The Hall–Kier alpha value is -1.86. The topological polar surface area (TPSA) is 63.5 Å². The number of nitro groups is 1. The minimum atomic E-state index is -0.424. The van der Waals surface area contributed by atoms with Crippen LogP contribution in [-0.2, 0) is 4.79 Å². The SMILES string of the molecule is Cc1cc(N2C(=O)CS[C@@H]2c2ccc([N+](=O)[O-])cc2)ccc1Br. The van der Waals surface area contributed by atoms with Crippen molar-refractivity contribution in [3.8, 4) is 0 Å². The van der Waals surface area contributed by atoms with Crippen LogP contribution in [0.1, 0.15) is 16.5 Å². The van der Waals surface area contributed by atoms with Crippen molar-refractivity contribution in [3.05, 3.63) is 68.2 Å². The van der Waals surface area contributed by atoms with Gasteiger partial charge in [-0.3, -0.25) is 19.8 Å². The van der Waals surface area contributed by atoms with Crippen LogP contribution < -0.4 is 4.90 Å². The predicted octanol–water partition coefficient (Wildman–Crippen LogP) is 4.44. The molecule has 1 atom stereocenters. The van der Waals surface area contributed by atoms with E-state index < -0.39 is 4.92 Å². The number of anilines is 1. The monoisotopic (exact) mass is 392 g/mol. The van der Waals surface area contributed by atoms with E-state index in [2.05, 4.69) is 15.9 Å². The third-order valence-corrected chi connectivity index (χ3v) is 5.78. The Morgan fingerprint density at radius 2 is 1.96 bits per heavy atom. The molecule has 1 fully saturated rings. The summed E-state index contributed by atoms with van der Waals surface area (Å²) in [7, 11) is 0. The molecule has 23 heavy (non-hydrogen) atoms. The van der Waals surface area contributed by atoms with E-state index in [4.69, 9.17) is 0 Å². The van der Waals surface area contributed by atoms with Crippen LogP contribution in [0.5, 0.6) is 0 Å². The Balaban J connectivity index is 1.96. The van der Waals surface area contributed by atoms with Crippen molar-refractivity contribution in [2.75, 3.05) is 10.7 Å². The summed E-state index contributed by atoms with van der Waals surface area (Å²) >= 11 is 4.99. The average Bonchev–Trinajstić information content (AvgIpc) is 2.92. The fourth-order valence-corrected chi connectivity index (χ4v) is 3.91. The van der Waals surface area contributed by atoms with Crippen LogP contribution in [-0.4, -0.2) is 16.6 Å². The van der Waals surface area contributed by atoms with Gasteiger partial charge in [0.2, 0.25) is 5.91 Å². The number of carbonyl (C=O) groups is 1. The molecule has 1 saturated heterocycles. The Labute approximate surface area is 146 Å². The van der Waals surface area contributed by atoms with Crippen LogP contribution in [0.25, 0.3) is 0 Å². The fourth-order valence-electron chi connectivity index (χ4n) is 2.49. The first-order valence-corrected chi connectivity index (χ1v) is 8.76. The first kappa shape index (κ1) is 16.0. The minimum absolute atomic E-state index is 0.0417. The van der Waals surface area contributed by atoms with Gasteiger partial charge in [0.25, 0.3) is 5.69 Å². The van der Waals surface area contributed by atoms with Crippen LogP contribution in [0.3, 0.4) is 0 Å². The molecule has 0 saturated carbocycles. The molecule has 1 amide bonds. The first-order chi connectivity index (χ1) is 11.0. The summed E-state index contributed by atoms with van der Waals surface area (Å²) in [5, 5.41) is 10.6. The summed E-state index contributed by atoms with van der Waals surface area (Å²) in [6.07, 6.45) is 0. The lowest BCUT2D eigenvalue weighted by molar-refractivity contribution is -0.384. The number of rotatable bonds is 3. The molecule has 5 nitrogen and oxygen atoms in total. The van der Waals surface area contributed by atoms with E-state index in [9.17, 15) is 14.9 Å². The van der Waals surface area contributed by atoms with Crippen LogP contribution in [0.15, 0.2) is 46.9 Å². The summed E-state index contributed by atoms with van der Waals surface area (Å²) in [5.41, 5.74) is 2.82. The second-order valence-electron chi connectivity index (χ2n) is 5.21. The van der Waals surface area contributed by atoms with E-state index >= 15 is 0 Å². The maximum atomic E-state index is 12.3. The lowest BCUT2D eigenvalue weighted by Gasteiger charge is -2.24. The molecule has 1 aliphatic heterocycles. The molecule has 0 N–H and O–H groups in total. The Morgan fingerprint density at radius 1 is 1.26 bits per heavy atom. The molecular formula is C16H13BrN2O3S. The standard InChI is InChI=1S/C16H13BrN2O3S/c1-10-8-13(6-7-14(10)17)18-15(20)9-23-16(18)11-2-4-12(5-3-11)19(21)22/h2-8,16H,9H2,1H3/t16-/m1/s1. The van der Waals surface area contributed by atoms with Crippen LogP contribution in [0.4, 0.5) is 11.4 Å². The summed E-state index contributed by atoms with van der Waals surface area (Å²) in [4.78, 5) is 24.4. The number of carbonyl (C=O) groups excluding carboxylic acids is 1. The number of amides is 1. The molecule has 0 aromatic heterocycles. The molecule has 2 aromatic carbocycles. The summed E-state index contributed by atoms with van der Waals surface area (Å²) in [5.74, 6) is 0.441. The van der Waals surface area contributed by atoms with Gasteiger partial charge < -0.3 is 0 Å². The van der Waals surface area contributed by atoms with Crippen molar-refractivity contribution in [1.29, 1.82) is 0 Å². The number of non-ortho nitro benzene ring substituents is 1. The molecule has 0 radical (unpaired) electrons. The van der Waals surface area contributed by atoms with Crippen LogP contribution >= 0.6 is 27.7 Å². The van der Waals surface area contributed by atoms with Gasteiger partial charge in [0.05, 0.1) is 10.7 Å². The average molecular weight is 393 g/mol. The number of benzene rings is 2. The Bertz CT molecular complexity index is 779. The number of halogens is 1. The van der Waals surface area contributed by atoms with Gasteiger partial charge in [0, 0.05) is 22.3 Å². The van der Waals surface area contributed by atoms with E-state index in [1.165, 1.54) is 23.9 Å². The zero-order valence-corrected chi connectivity index (χ0v) is 14.6. The molecule has 0 bridgehead atoms. The maximum Gasteiger partial charge on any atom is 0.269 e. The predicted molar refractivity (Wildman–Crippen MR) is 94.7 cm³/mol. The normalized spacial score (nSPS) is 17.6. The quantitative estimate of drug-likeness (QED) is 0.571. The molecule has 118 valence electrons. The zero-order valence-electron chi connectivity index (χ0n) is 12.2. The highest BCUT2D eigenvalue weighted by atomic mass is 79.9. The first-order valence-electron chi connectivity index (χ1n) is 6.91. The number of hydrogen-bond acceptors (Lipinski definition) is 4. The third kappa shape index (κ3) is 3.11. The zero-order chi connectivity index (χ0) is 16.6. The molecule has 1 heterocycles. The van der Waals surface area contributed by atoms with Gasteiger partial charge >= 0.3 is 0 Å². The summed E-state index contributed by atoms with van der Waals surface area (Å²) in [6, 6.07) is 12.2. The van der Waals surface area contributed by atoms with Crippen LogP contribution in [0.2, 0.25) is 0 Å². The van der Waals surface area contributed by atoms with E-state index in [1.54, 1.807) is 17.0 Å². The molecule has 0 aliphatic carbocycles. The Kier molecular flexibility index (Phi) is 4.41. The number of nitrogens with zero attached hydrogens (tertiary/aromatic N) is 2. The van der Waals surface area contributed by atoms with Gasteiger partial charge in [-0.2, -0.15) is 0 Å². The van der Waals surface area contributed by atoms with Gasteiger partial charge in [0.15, 0.2) is 0 Å². The number of thioether (sulfide) groups is 1. The molecule has 7 heteroatoms. The molecule has 3 rings (SSSR count). The summed E-state index contributed by atoms with van der Waals surface area (Å²) in [6.45, 7) is 1.97. The van der Waals surface area contributed by atoms with Crippen molar-refractivity contribution in [1.82, 2.24) is 0 Å². The second-order valence-corrected chi connectivity index (χ2v) is 7.13. The smallest absolute Gasteiger partial charge is 0.269 e. The molecule has 0 spiro atoms. The number of aryl methyl sites for hydroxylation is 1. The van der Waals surface area contributed by atoms with E-state index in [-0.39, 0.29) is 17.0 Å². The second kappa shape index (κ2) is 6.33. The molecule has 1 aliphatic rings. The van der Waals surface area contributed by atoms with Gasteiger partial charge in [-0.15, -0.1) is 11.8 Å². The molecule has 2 aromatic rings.